The minimum Gasteiger partial charge on any atom is -0.457 e. The number of para-hydroxylation sites is 1. The summed E-state index contributed by atoms with van der Waals surface area (Å²) in [6.07, 6.45) is 0. The second-order valence-electron chi connectivity index (χ2n) is 5.89. The van der Waals surface area contributed by atoms with E-state index >= 15 is 0 Å². The summed E-state index contributed by atoms with van der Waals surface area (Å²) in [6, 6.07) is 15.4. The summed E-state index contributed by atoms with van der Waals surface area (Å²) in [5, 5.41) is 2.92. The Morgan fingerprint density at radius 3 is 2.38 bits per heavy atom. The zero-order valence-electron chi connectivity index (χ0n) is 14.3. The van der Waals surface area contributed by atoms with Crippen molar-refractivity contribution in [3.63, 3.8) is 0 Å². The van der Waals surface area contributed by atoms with Crippen LogP contribution in [-0.4, -0.2) is 11.9 Å². The number of hydrogen-bond donors (Lipinski definition) is 2. The van der Waals surface area contributed by atoms with E-state index in [0.717, 1.165) is 17.1 Å². The van der Waals surface area contributed by atoms with E-state index in [2.05, 4.69) is 5.32 Å². The molecule has 3 N–H and O–H groups in total. The van der Waals surface area contributed by atoms with Crippen molar-refractivity contribution < 1.29 is 9.53 Å². The molecule has 0 aliphatic heterocycles. The van der Waals surface area contributed by atoms with Gasteiger partial charge in [-0.1, -0.05) is 42.8 Å². The van der Waals surface area contributed by atoms with Crippen LogP contribution in [0.4, 0.5) is 0 Å². The molecule has 2 atom stereocenters. The SMILES string of the molecule is Cc1ccc(Oc2ccccc2CNC(=O)C(C)C(C)N)cc1.Cl. The second kappa shape index (κ2) is 9.30. The van der Waals surface area contributed by atoms with Gasteiger partial charge < -0.3 is 15.8 Å². The molecular formula is C19H25ClN2O2. The van der Waals surface area contributed by atoms with Crippen molar-refractivity contribution in [2.45, 2.75) is 33.4 Å². The fraction of sp³-hybridized carbons (Fsp3) is 0.316. The largest absolute Gasteiger partial charge is 0.457 e. The number of aryl methyl sites for hydroxylation is 1. The van der Waals surface area contributed by atoms with Crippen molar-refractivity contribution >= 4 is 18.3 Å². The zero-order valence-corrected chi connectivity index (χ0v) is 15.1. The van der Waals surface area contributed by atoms with Gasteiger partial charge in [0, 0.05) is 24.1 Å². The molecule has 5 heteroatoms. The highest BCUT2D eigenvalue weighted by Crippen LogP contribution is 2.25. The van der Waals surface area contributed by atoms with Gasteiger partial charge in [-0.2, -0.15) is 0 Å². The Kier molecular flexibility index (Phi) is 7.75. The molecule has 130 valence electrons. The molecule has 2 aromatic carbocycles. The first-order chi connectivity index (χ1) is 11.0. The predicted octanol–water partition coefficient (Wildman–Crippen LogP) is 3.81. The third-order valence-electron chi connectivity index (χ3n) is 3.88. The molecule has 0 saturated carbocycles. The lowest BCUT2D eigenvalue weighted by Gasteiger charge is -2.16. The van der Waals surface area contributed by atoms with E-state index in [4.69, 9.17) is 10.5 Å². The summed E-state index contributed by atoms with van der Waals surface area (Å²) in [6.45, 7) is 6.11. The number of hydrogen-bond acceptors (Lipinski definition) is 3. The predicted molar refractivity (Wildman–Crippen MR) is 99.6 cm³/mol. The van der Waals surface area contributed by atoms with Crippen LogP contribution in [0.15, 0.2) is 48.5 Å². The first-order valence-electron chi connectivity index (χ1n) is 7.83. The Hall–Kier alpha value is -2.04. The first kappa shape index (κ1) is 20.0. The molecule has 1 amide bonds. The van der Waals surface area contributed by atoms with Gasteiger partial charge in [0.15, 0.2) is 0 Å². The maximum atomic E-state index is 12.0. The van der Waals surface area contributed by atoms with Crippen LogP contribution in [0.5, 0.6) is 11.5 Å². The second-order valence-corrected chi connectivity index (χ2v) is 5.89. The molecule has 0 heterocycles. The summed E-state index contributed by atoms with van der Waals surface area (Å²) in [5.41, 5.74) is 7.88. The summed E-state index contributed by atoms with van der Waals surface area (Å²) in [7, 11) is 0. The summed E-state index contributed by atoms with van der Waals surface area (Å²) >= 11 is 0. The minimum absolute atomic E-state index is 0. The number of ether oxygens (including phenoxy) is 1. The number of benzene rings is 2. The van der Waals surface area contributed by atoms with Crippen LogP contribution >= 0.6 is 12.4 Å². The number of nitrogens with two attached hydrogens (primary N) is 1. The third kappa shape index (κ3) is 5.55. The molecule has 0 fully saturated rings. The summed E-state index contributed by atoms with van der Waals surface area (Å²) in [4.78, 5) is 12.0. The monoisotopic (exact) mass is 348 g/mol. The van der Waals surface area contributed by atoms with Crippen LogP contribution in [0.3, 0.4) is 0 Å². The van der Waals surface area contributed by atoms with Gasteiger partial charge >= 0.3 is 0 Å². The summed E-state index contributed by atoms with van der Waals surface area (Å²) < 4.78 is 5.93. The number of nitrogens with one attached hydrogen (secondary N) is 1. The third-order valence-corrected chi connectivity index (χ3v) is 3.88. The van der Waals surface area contributed by atoms with Gasteiger partial charge in [0.2, 0.25) is 5.91 Å². The van der Waals surface area contributed by atoms with Crippen molar-refractivity contribution in [2.24, 2.45) is 11.7 Å². The van der Waals surface area contributed by atoms with Gasteiger partial charge in [0.1, 0.15) is 11.5 Å². The van der Waals surface area contributed by atoms with Crippen LogP contribution in [-0.2, 0) is 11.3 Å². The number of rotatable bonds is 6. The minimum atomic E-state index is -0.222. The molecular weight excluding hydrogens is 324 g/mol. The van der Waals surface area contributed by atoms with Gasteiger partial charge in [-0.05, 0) is 32.0 Å². The lowest BCUT2D eigenvalue weighted by molar-refractivity contribution is -0.125. The number of amides is 1. The Bertz CT molecular complexity index is 657. The van der Waals surface area contributed by atoms with Gasteiger partial charge in [-0.3, -0.25) is 4.79 Å². The quantitative estimate of drug-likeness (QED) is 0.834. The topological polar surface area (TPSA) is 64.3 Å². The zero-order chi connectivity index (χ0) is 16.8. The van der Waals surface area contributed by atoms with E-state index < -0.39 is 0 Å². The molecule has 2 aromatic rings. The van der Waals surface area contributed by atoms with Crippen LogP contribution in [0.25, 0.3) is 0 Å². The van der Waals surface area contributed by atoms with Crippen molar-refractivity contribution in [3.05, 3.63) is 59.7 Å². The molecule has 2 unspecified atom stereocenters. The van der Waals surface area contributed by atoms with Crippen molar-refractivity contribution in [1.29, 1.82) is 0 Å². The average Bonchev–Trinajstić information content (AvgIpc) is 2.55. The smallest absolute Gasteiger partial charge is 0.224 e. The van der Waals surface area contributed by atoms with Gasteiger partial charge in [0.05, 0.1) is 0 Å². The van der Waals surface area contributed by atoms with Crippen molar-refractivity contribution in [3.8, 4) is 11.5 Å². The Balaban J connectivity index is 0.00000288. The lowest BCUT2D eigenvalue weighted by atomic mass is 10.0. The van der Waals surface area contributed by atoms with E-state index in [1.807, 2.05) is 69.3 Å². The Morgan fingerprint density at radius 1 is 1.12 bits per heavy atom. The van der Waals surface area contributed by atoms with Crippen LogP contribution in [0, 0.1) is 12.8 Å². The fourth-order valence-corrected chi connectivity index (χ4v) is 2.06. The molecule has 24 heavy (non-hydrogen) atoms. The molecule has 0 spiro atoms. The molecule has 0 radical (unpaired) electrons. The van der Waals surface area contributed by atoms with E-state index in [1.165, 1.54) is 5.56 Å². The molecule has 0 aliphatic rings. The van der Waals surface area contributed by atoms with Gasteiger partial charge in [0.25, 0.3) is 0 Å². The van der Waals surface area contributed by atoms with Crippen LogP contribution in [0.1, 0.15) is 25.0 Å². The van der Waals surface area contributed by atoms with Gasteiger partial charge in [-0.25, -0.2) is 0 Å². The highest BCUT2D eigenvalue weighted by Gasteiger charge is 2.17. The molecule has 2 rings (SSSR count). The van der Waals surface area contributed by atoms with Crippen molar-refractivity contribution in [2.75, 3.05) is 0 Å². The van der Waals surface area contributed by atoms with E-state index in [-0.39, 0.29) is 30.3 Å². The highest BCUT2D eigenvalue weighted by molar-refractivity contribution is 5.85. The standard InChI is InChI=1S/C19H24N2O2.ClH/c1-13-8-10-17(11-9-13)23-18-7-5-4-6-16(18)12-21-19(22)14(2)15(3)20;/h4-11,14-15H,12,20H2,1-3H3,(H,21,22);1H. The number of halogens is 1. The number of carbonyl (C=O) groups excluding carboxylic acids is 1. The molecule has 4 nitrogen and oxygen atoms in total. The number of carbonyl (C=O) groups is 1. The Morgan fingerprint density at radius 2 is 1.75 bits per heavy atom. The van der Waals surface area contributed by atoms with E-state index in [9.17, 15) is 4.79 Å². The van der Waals surface area contributed by atoms with E-state index in [1.54, 1.807) is 0 Å². The lowest BCUT2D eigenvalue weighted by Crippen LogP contribution is -2.38. The fourth-order valence-electron chi connectivity index (χ4n) is 2.06. The average molecular weight is 349 g/mol. The first-order valence-corrected chi connectivity index (χ1v) is 7.83. The van der Waals surface area contributed by atoms with Gasteiger partial charge in [-0.15, -0.1) is 12.4 Å². The molecule has 0 saturated heterocycles. The van der Waals surface area contributed by atoms with Crippen LogP contribution < -0.4 is 15.8 Å². The molecule has 0 aliphatic carbocycles. The maximum Gasteiger partial charge on any atom is 0.224 e. The van der Waals surface area contributed by atoms with Crippen LogP contribution in [0.2, 0.25) is 0 Å². The van der Waals surface area contributed by atoms with E-state index in [0.29, 0.717) is 6.54 Å². The Labute approximate surface area is 149 Å². The molecule has 0 aromatic heterocycles. The maximum absolute atomic E-state index is 12.0. The van der Waals surface area contributed by atoms with Crippen molar-refractivity contribution in [1.82, 2.24) is 5.32 Å². The normalized spacial score (nSPS) is 12.7. The highest BCUT2D eigenvalue weighted by atomic mass is 35.5. The summed E-state index contributed by atoms with van der Waals surface area (Å²) in [5.74, 6) is 1.24. The molecule has 0 bridgehead atoms.